The highest BCUT2D eigenvalue weighted by atomic mass is 16.6. The molecule has 0 aromatic rings. The molecule has 0 aliphatic carbocycles. The number of esters is 1. The summed E-state index contributed by atoms with van der Waals surface area (Å²) in [4.78, 5) is 11.5. The number of allylic oxidation sites excluding steroid dienone is 1. The molecule has 0 N–H and O–H groups in total. The van der Waals surface area contributed by atoms with E-state index in [0.717, 1.165) is 13.0 Å². The zero-order chi connectivity index (χ0) is 12.4. The molecule has 0 rings (SSSR count). The minimum atomic E-state index is -0.183. The fraction of sp³-hybridized carbons (Fsp3) is 0.769. The maximum Gasteiger partial charge on any atom is 0.312 e. The Morgan fingerprint density at radius 2 is 1.81 bits per heavy atom. The van der Waals surface area contributed by atoms with Crippen LogP contribution < -0.4 is 0 Å². The summed E-state index contributed by atoms with van der Waals surface area (Å²) in [5.41, 5.74) is 0. The number of rotatable bonds is 8. The molecule has 0 saturated carbocycles. The number of hydrogen-bond donors (Lipinski definition) is 0. The van der Waals surface area contributed by atoms with Gasteiger partial charge >= 0.3 is 5.97 Å². The van der Waals surface area contributed by atoms with E-state index in [2.05, 4.69) is 13.8 Å². The Bertz CT molecular complexity index is 209. The summed E-state index contributed by atoms with van der Waals surface area (Å²) in [5, 5.41) is 0. The van der Waals surface area contributed by atoms with Crippen molar-refractivity contribution in [3.8, 4) is 0 Å². The second-order valence-corrected chi connectivity index (χ2v) is 4.20. The molecule has 0 radical (unpaired) electrons. The van der Waals surface area contributed by atoms with Crippen LogP contribution in [0.2, 0.25) is 0 Å². The molecule has 0 amide bonds. The normalized spacial score (nSPS) is 13.3. The van der Waals surface area contributed by atoms with Crippen molar-refractivity contribution in [1.29, 1.82) is 0 Å². The summed E-state index contributed by atoms with van der Waals surface area (Å²) in [7, 11) is 0. The van der Waals surface area contributed by atoms with E-state index in [9.17, 15) is 4.79 Å². The maximum absolute atomic E-state index is 11.5. The van der Waals surface area contributed by atoms with Gasteiger partial charge in [0.1, 0.15) is 6.61 Å². The van der Waals surface area contributed by atoms with Gasteiger partial charge in [-0.15, -0.1) is 0 Å². The highest BCUT2D eigenvalue weighted by Crippen LogP contribution is 2.04. The van der Waals surface area contributed by atoms with Crippen LogP contribution in [0.25, 0.3) is 0 Å². The topological polar surface area (TPSA) is 35.5 Å². The molecule has 0 aliphatic heterocycles. The Hall–Kier alpha value is -0.830. The lowest BCUT2D eigenvalue weighted by Gasteiger charge is -2.08. The van der Waals surface area contributed by atoms with E-state index in [1.54, 1.807) is 0 Å². The first kappa shape index (κ1) is 15.2. The summed E-state index contributed by atoms with van der Waals surface area (Å²) < 4.78 is 10.3. The van der Waals surface area contributed by atoms with Gasteiger partial charge in [-0.05, 0) is 19.3 Å². The van der Waals surface area contributed by atoms with Crippen LogP contribution in [-0.4, -0.2) is 25.8 Å². The molecule has 0 aliphatic rings. The molecule has 0 heterocycles. The van der Waals surface area contributed by atoms with Crippen molar-refractivity contribution in [2.45, 2.75) is 34.1 Å². The van der Waals surface area contributed by atoms with Crippen molar-refractivity contribution < 1.29 is 14.3 Å². The standard InChI is InChI=1S/C13H24O3/c1-5-8-15-9-10-16-13(14)12(4)7-6-11(2)3/h6-7,11-12H,5,8-10H2,1-4H3/b7-6-. The molecule has 3 nitrogen and oxygen atoms in total. The van der Waals surface area contributed by atoms with Crippen molar-refractivity contribution in [2.75, 3.05) is 19.8 Å². The molecule has 1 atom stereocenters. The molecule has 0 aromatic heterocycles. The highest BCUT2D eigenvalue weighted by Gasteiger charge is 2.10. The molecule has 1 unspecified atom stereocenters. The van der Waals surface area contributed by atoms with Crippen molar-refractivity contribution in [3.63, 3.8) is 0 Å². The van der Waals surface area contributed by atoms with Crippen LogP contribution in [0, 0.1) is 11.8 Å². The number of hydrogen-bond acceptors (Lipinski definition) is 3. The van der Waals surface area contributed by atoms with Gasteiger partial charge in [0.25, 0.3) is 0 Å². The van der Waals surface area contributed by atoms with E-state index in [4.69, 9.17) is 9.47 Å². The van der Waals surface area contributed by atoms with Crippen LogP contribution in [0.1, 0.15) is 34.1 Å². The predicted molar refractivity (Wildman–Crippen MR) is 65.2 cm³/mol. The summed E-state index contributed by atoms with van der Waals surface area (Å²) in [6.45, 7) is 9.60. The monoisotopic (exact) mass is 228 g/mol. The van der Waals surface area contributed by atoms with Gasteiger partial charge in [0, 0.05) is 6.61 Å². The largest absolute Gasteiger partial charge is 0.463 e. The maximum atomic E-state index is 11.5. The van der Waals surface area contributed by atoms with Crippen molar-refractivity contribution in [2.24, 2.45) is 11.8 Å². The molecule has 94 valence electrons. The van der Waals surface area contributed by atoms with E-state index in [1.165, 1.54) is 0 Å². The van der Waals surface area contributed by atoms with Gasteiger partial charge in [0.05, 0.1) is 12.5 Å². The molecule has 3 heteroatoms. The average molecular weight is 228 g/mol. The Kier molecular flexibility index (Phi) is 8.91. The van der Waals surface area contributed by atoms with Gasteiger partial charge in [-0.1, -0.05) is 32.9 Å². The quantitative estimate of drug-likeness (QED) is 0.364. The molecule has 0 spiro atoms. The third-order valence-corrected chi connectivity index (χ3v) is 1.98. The van der Waals surface area contributed by atoms with Gasteiger partial charge < -0.3 is 9.47 Å². The molecule has 0 aromatic carbocycles. The third kappa shape index (κ3) is 8.48. The average Bonchev–Trinajstić information content (AvgIpc) is 2.25. The lowest BCUT2D eigenvalue weighted by atomic mass is 10.1. The molecular formula is C13H24O3. The van der Waals surface area contributed by atoms with Crippen molar-refractivity contribution in [3.05, 3.63) is 12.2 Å². The second kappa shape index (κ2) is 9.40. The Labute approximate surface area is 98.8 Å². The zero-order valence-electron chi connectivity index (χ0n) is 10.9. The first-order chi connectivity index (χ1) is 7.57. The summed E-state index contributed by atoms with van der Waals surface area (Å²) in [6.07, 6.45) is 4.89. The van der Waals surface area contributed by atoms with Gasteiger partial charge in [0.15, 0.2) is 0 Å². The van der Waals surface area contributed by atoms with E-state index >= 15 is 0 Å². The number of ether oxygens (including phenoxy) is 2. The van der Waals surface area contributed by atoms with E-state index in [-0.39, 0.29) is 11.9 Å². The number of carbonyl (C=O) groups is 1. The summed E-state index contributed by atoms with van der Waals surface area (Å²) in [6, 6.07) is 0. The zero-order valence-corrected chi connectivity index (χ0v) is 10.9. The van der Waals surface area contributed by atoms with Crippen molar-refractivity contribution in [1.82, 2.24) is 0 Å². The third-order valence-electron chi connectivity index (χ3n) is 1.98. The fourth-order valence-electron chi connectivity index (χ4n) is 1.05. The van der Waals surface area contributed by atoms with Gasteiger partial charge in [-0.2, -0.15) is 0 Å². The van der Waals surface area contributed by atoms with Crippen LogP contribution in [-0.2, 0) is 14.3 Å². The lowest BCUT2D eigenvalue weighted by Crippen LogP contribution is -2.16. The van der Waals surface area contributed by atoms with E-state index in [1.807, 2.05) is 26.0 Å². The smallest absolute Gasteiger partial charge is 0.312 e. The second-order valence-electron chi connectivity index (χ2n) is 4.20. The predicted octanol–water partition coefficient (Wildman–Crippen LogP) is 2.80. The van der Waals surface area contributed by atoms with Crippen LogP contribution >= 0.6 is 0 Å². The molecule has 0 bridgehead atoms. The molecule has 0 saturated heterocycles. The van der Waals surface area contributed by atoms with Crippen LogP contribution in [0.4, 0.5) is 0 Å². The first-order valence-corrected chi connectivity index (χ1v) is 6.00. The molecule has 16 heavy (non-hydrogen) atoms. The van der Waals surface area contributed by atoms with Gasteiger partial charge in [-0.25, -0.2) is 0 Å². The first-order valence-electron chi connectivity index (χ1n) is 6.00. The van der Waals surface area contributed by atoms with E-state index < -0.39 is 0 Å². The van der Waals surface area contributed by atoms with Crippen LogP contribution in [0.3, 0.4) is 0 Å². The van der Waals surface area contributed by atoms with E-state index in [0.29, 0.717) is 19.1 Å². The lowest BCUT2D eigenvalue weighted by molar-refractivity contribution is -0.147. The van der Waals surface area contributed by atoms with Crippen molar-refractivity contribution >= 4 is 5.97 Å². The van der Waals surface area contributed by atoms with Gasteiger partial charge in [0.2, 0.25) is 0 Å². The SMILES string of the molecule is CCCOCCOC(=O)C(C)/C=C\C(C)C. The minimum Gasteiger partial charge on any atom is -0.463 e. The Balaban J connectivity index is 3.63. The number of carbonyl (C=O) groups excluding carboxylic acids is 1. The molecule has 0 fully saturated rings. The minimum absolute atomic E-state index is 0.173. The highest BCUT2D eigenvalue weighted by molar-refractivity contribution is 5.73. The van der Waals surface area contributed by atoms with Crippen LogP contribution in [0.5, 0.6) is 0 Å². The van der Waals surface area contributed by atoms with Gasteiger partial charge in [-0.3, -0.25) is 4.79 Å². The van der Waals surface area contributed by atoms with Crippen LogP contribution in [0.15, 0.2) is 12.2 Å². The Morgan fingerprint density at radius 3 is 2.38 bits per heavy atom. The summed E-state index contributed by atoms with van der Waals surface area (Å²) >= 11 is 0. The Morgan fingerprint density at radius 1 is 1.12 bits per heavy atom. The molecular weight excluding hydrogens is 204 g/mol. The fourth-order valence-corrected chi connectivity index (χ4v) is 1.05. The summed E-state index contributed by atoms with van der Waals surface area (Å²) in [5.74, 6) is 0.105.